The van der Waals surface area contributed by atoms with Gasteiger partial charge in [0.25, 0.3) is 0 Å². The van der Waals surface area contributed by atoms with E-state index < -0.39 is 0 Å². The molecule has 1 atom stereocenters. The minimum Gasteiger partial charge on any atom is -0.497 e. The maximum atomic E-state index is 11.4. The van der Waals surface area contributed by atoms with Crippen LogP contribution in [0.3, 0.4) is 0 Å². The molecule has 2 rings (SSSR count). The van der Waals surface area contributed by atoms with E-state index in [0.29, 0.717) is 13.0 Å². The molecule has 0 unspecified atom stereocenters. The molecule has 0 spiro atoms. The maximum Gasteiger partial charge on any atom is 0.219 e. The van der Waals surface area contributed by atoms with Gasteiger partial charge < -0.3 is 15.2 Å². The first-order chi connectivity index (χ1) is 10.2. The average molecular weight is 287 g/mol. The molecule has 0 saturated heterocycles. The third kappa shape index (κ3) is 3.52. The van der Waals surface area contributed by atoms with Crippen LogP contribution in [-0.2, 0) is 4.79 Å². The van der Waals surface area contributed by atoms with E-state index in [1.807, 2.05) is 43.3 Å². The second-order valence-electron chi connectivity index (χ2n) is 4.97. The Morgan fingerprint density at radius 1 is 1.33 bits per heavy atom. The third-order valence-electron chi connectivity index (χ3n) is 3.65. The van der Waals surface area contributed by atoms with Gasteiger partial charge in [-0.3, -0.25) is 4.79 Å². The molecule has 0 aliphatic carbocycles. The molecule has 0 aliphatic rings. The molecule has 1 amide bonds. The predicted octanol–water partition coefficient (Wildman–Crippen LogP) is 2.45. The lowest BCUT2D eigenvalue weighted by Gasteiger charge is -2.18. The van der Waals surface area contributed by atoms with Crippen molar-refractivity contribution in [1.29, 1.82) is 0 Å². The molecule has 4 nitrogen and oxygen atoms in total. The zero-order chi connectivity index (χ0) is 15.2. The summed E-state index contributed by atoms with van der Waals surface area (Å²) in [5, 5.41) is 14.6. The molecule has 0 heterocycles. The van der Waals surface area contributed by atoms with E-state index >= 15 is 0 Å². The second kappa shape index (κ2) is 7.09. The topological polar surface area (TPSA) is 58.6 Å². The summed E-state index contributed by atoms with van der Waals surface area (Å²) in [6.45, 7) is 2.23. The molecule has 2 aromatic rings. The number of fused-ring (bicyclic) bond motifs is 1. The lowest BCUT2D eigenvalue weighted by molar-refractivity contribution is -0.120. The Hall–Kier alpha value is -2.07. The number of aliphatic hydroxyl groups is 1. The van der Waals surface area contributed by atoms with Crippen molar-refractivity contribution >= 4 is 16.7 Å². The predicted molar refractivity (Wildman–Crippen MR) is 83.6 cm³/mol. The minimum absolute atomic E-state index is 0.00809. The first-order valence-electron chi connectivity index (χ1n) is 7.13. The fourth-order valence-corrected chi connectivity index (χ4v) is 2.39. The molecule has 0 radical (unpaired) electrons. The van der Waals surface area contributed by atoms with E-state index in [-0.39, 0.29) is 18.4 Å². The molecular weight excluding hydrogens is 266 g/mol. The molecule has 4 heteroatoms. The second-order valence-corrected chi connectivity index (χ2v) is 4.97. The molecule has 112 valence electrons. The Bertz CT molecular complexity index is 624. The summed E-state index contributed by atoms with van der Waals surface area (Å²) in [5.41, 5.74) is 1.02. The van der Waals surface area contributed by atoms with Gasteiger partial charge >= 0.3 is 0 Å². The molecule has 0 saturated carbocycles. The van der Waals surface area contributed by atoms with Crippen molar-refractivity contribution in [3.05, 3.63) is 42.0 Å². The first kappa shape index (κ1) is 15.3. The van der Waals surface area contributed by atoms with Crippen LogP contribution in [0.5, 0.6) is 5.75 Å². The molecule has 21 heavy (non-hydrogen) atoms. The monoisotopic (exact) mass is 287 g/mol. The highest BCUT2D eigenvalue weighted by Gasteiger charge is 2.15. The normalized spacial score (nSPS) is 12.1. The van der Waals surface area contributed by atoms with Crippen molar-refractivity contribution in [3.8, 4) is 5.75 Å². The van der Waals surface area contributed by atoms with Crippen LogP contribution in [0.1, 0.15) is 24.8 Å². The Kier molecular flexibility index (Phi) is 5.17. The zero-order valence-electron chi connectivity index (χ0n) is 12.4. The SMILES string of the molecule is CCC(=O)NC[C@H](CO)c1cccc2ccc(OC)cc12. The summed E-state index contributed by atoms with van der Waals surface area (Å²) in [5.74, 6) is 0.645. The van der Waals surface area contributed by atoms with E-state index in [1.165, 1.54) is 0 Å². The number of aliphatic hydroxyl groups excluding tert-OH is 1. The summed E-state index contributed by atoms with van der Waals surface area (Å²) in [6, 6.07) is 11.9. The molecule has 0 aromatic heterocycles. The number of hydrogen-bond donors (Lipinski definition) is 2. The largest absolute Gasteiger partial charge is 0.497 e. The third-order valence-corrected chi connectivity index (χ3v) is 3.65. The van der Waals surface area contributed by atoms with Crippen molar-refractivity contribution < 1.29 is 14.6 Å². The minimum atomic E-state index is -0.128. The molecule has 2 aromatic carbocycles. The smallest absolute Gasteiger partial charge is 0.219 e. The van der Waals surface area contributed by atoms with Crippen molar-refractivity contribution in [2.45, 2.75) is 19.3 Å². The molecule has 0 bridgehead atoms. The number of amides is 1. The van der Waals surface area contributed by atoms with Crippen LogP contribution in [0.4, 0.5) is 0 Å². The van der Waals surface area contributed by atoms with Gasteiger partial charge in [-0.1, -0.05) is 31.2 Å². The van der Waals surface area contributed by atoms with Gasteiger partial charge in [-0.2, -0.15) is 0 Å². The van der Waals surface area contributed by atoms with Gasteiger partial charge in [0.2, 0.25) is 5.91 Å². The van der Waals surface area contributed by atoms with E-state index in [2.05, 4.69) is 5.32 Å². The summed E-state index contributed by atoms with van der Waals surface area (Å²) in [4.78, 5) is 11.4. The fraction of sp³-hybridized carbons (Fsp3) is 0.353. The number of nitrogens with one attached hydrogen (secondary N) is 1. The van der Waals surface area contributed by atoms with Crippen LogP contribution < -0.4 is 10.1 Å². The molecule has 2 N–H and O–H groups in total. The van der Waals surface area contributed by atoms with Crippen LogP contribution in [0.25, 0.3) is 10.8 Å². The number of hydrogen-bond acceptors (Lipinski definition) is 3. The number of carbonyl (C=O) groups is 1. The highest BCUT2D eigenvalue weighted by Crippen LogP contribution is 2.28. The van der Waals surface area contributed by atoms with Crippen molar-refractivity contribution in [1.82, 2.24) is 5.32 Å². The van der Waals surface area contributed by atoms with Crippen LogP contribution in [0.2, 0.25) is 0 Å². The van der Waals surface area contributed by atoms with E-state index in [4.69, 9.17) is 4.74 Å². The maximum absolute atomic E-state index is 11.4. The van der Waals surface area contributed by atoms with Gasteiger partial charge in [-0.05, 0) is 28.5 Å². The van der Waals surface area contributed by atoms with E-state index in [1.54, 1.807) is 7.11 Å². The van der Waals surface area contributed by atoms with E-state index in [9.17, 15) is 9.90 Å². The van der Waals surface area contributed by atoms with E-state index in [0.717, 1.165) is 22.1 Å². The number of methoxy groups -OCH3 is 1. The molecular formula is C17H21NO3. The van der Waals surface area contributed by atoms with Gasteiger partial charge in [-0.25, -0.2) is 0 Å². The fourth-order valence-electron chi connectivity index (χ4n) is 2.39. The summed E-state index contributed by atoms with van der Waals surface area (Å²) < 4.78 is 5.27. The first-order valence-corrected chi connectivity index (χ1v) is 7.13. The zero-order valence-corrected chi connectivity index (χ0v) is 12.4. The Balaban J connectivity index is 2.35. The van der Waals surface area contributed by atoms with Crippen LogP contribution in [0.15, 0.2) is 36.4 Å². The van der Waals surface area contributed by atoms with Gasteiger partial charge in [-0.15, -0.1) is 0 Å². The molecule has 0 fully saturated rings. The van der Waals surface area contributed by atoms with Crippen LogP contribution >= 0.6 is 0 Å². The summed E-state index contributed by atoms with van der Waals surface area (Å²) in [6.07, 6.45) is 0.446. The van der Waals surface area contributed by atoms with Crippen molar-refractivity contribution in [3.63, 3.8) is 0 Å². The van der Waals surface area contributed by atoms with Gasteiger partial charge in [0, 0.05) is 18.9 Å². The highest BCUT2D eigenvalue weighted by molar-refractivity contribution is 5.87. The standard InChI is InChI=1S/C17H21NO3/c1-3-17(20)18-10-13(11-19)15-6-4-5-12-7-8-14(21-2)9-16(12)15/h4-9,13,19H,3,10-11H2,1-2H3,(H,18,20)/t13-/m1/s1. The van der Waals surface area contributed by atoms with Crippen molar-refractivity contribution in [2.75, 3.05) is 20.3 Å². The van der Waals surface area contributed by atoms with Gasteiger partial charge in [0.15, 0.2) is 0 Å². The number of benzene rings is 2. The average Bonchev–Trinajstić information content (AvgIpc) is 2.54. The highest BCUT2D eigenvalue weighted by atomic mass is 16.5. The Labute approximate surface area is 124 Å². The van der Waals surface area contributed by atoms with Gasteiger partial charge in [0.05, 0.1) is 13.7 Å². The lowest BCUT2D eigenvalue weighted by Crippen LogP contribution is -2.29. The van der Waals surface area contributed by atoms with Crippen LogP contribution in [-0.4, -0.2) is 31.3 Å². The van der Waals surface area contributed by atoms with Gasteiger partial charge in [0.1, 0.15) is 5.75 Å². The number of carbonyl (C=O) groups excluding carboxylic acids is 1. The lowest BCUT2D eigenvalue weighted by atomic mass is 9.93. The quantitative estimate of drug-likeness (QED) is 0.858. The van der Waals surface area contributed by atoms with Crippen LogP contribution in [0, 0.1) is 0 Å². The number of rotatable bonds is 6. The Morgan fingerprint density at radius 3 is 2.81 bits per heavy atom. The summed E-state index contributed by atoms with van der Waals surface area (Å²) in [7, 11) is 1.63. The Morgan fingerprint density at radius 2 is 2.14 bits per heavy atom. The van der Waals surface area contributed by atoms with Crippen molar-refractivity contribution in [2.24, 2.45) is 0 Å². The molecule has 0 aliphatic heterocycles. The number of ether oxygens (including phenoxy) is 1. The summed E-state index contributed by atoms with van der Waals surface area (Å²) >= 11 is 0.